The molecule has 21 heavy (non-hydrogen) atoms. The van der Waals surface area contributed by atoms with Crippen LogP contribution >= 0.6 is 0 Å². The van der Waals surface area contributed by atoms with E-state index in [0.717, 1.165) is 39.1 Å². The third-order valence-electron chi connectivity index (χ3n) is 4.52. The van der Waals surface area contributed by atoms with Crippen molar-refractivity contribution in [2.75, 3.05) is 32.7 Å². The SMILES string of the molecule is CC(C)(C)OC(=O)N1CCN(CCCC2(N)CCC2)CC1. The summed E-state index contributed by atoms with van der Waals surface area (Å²) >= 11 is 0. The van der Waals surface area contributed by atoms with Gasteiger partial charge in [0, 0.05) is 31.7 Å². The first-order valence-electron chi connectivity index (χ1n) is 8.27. The highest BCUT2D eigenvalue weighted by Crippen LogP contribution is 2.33. The molecule has 5 heteroatoms. The van der Waals surface area contributed by atoms with E-state index >= 15 is 0 Å². The Morgan fingerprint density at radius 1 is 1.19 bits per heavy atom. The van der Waals surface area contributed by atoms with Crippen LogP contribution in [0, 0.1) is 0 Å². The minimum Gasteiger partial charge on any atom is -0.444 e. The highest BCUT2D eigenvalue weighted by atomic mass is 16.6. The van der Waals surface area contributed by atoms with Crippen molar-refractivity contribution in [3.05, 3.63) is 0 Å². The zero-order valence-corrected chi connectivity index (χ0v) is 13.9. The van der Waals surface area contributed by atoms with Crippen molar-refractivity contribution in [2.24, 2.45) is 5.73 Å². The van der Waals surface area contributed by atoms with Crippen molar-refractivity contribution < 1.29 is 9.53 Å². The van der Waals surface area contributed by atoms with Crippen molar-refractivity contribution in [1.29, 1.82) is 0 Å². The van der Waals surface area contributed by atoms with Crippen molar-refractivity contribution >= 4 is 6.09 Å². The van der Waals surface area contributed by atoms with Crippen LogP contribution < -0.4 is 5.73 Å². The molecule has 1 aliphatic carbocycles. The maximum absolute atomic E-state index is 12.0. The molecule has 1 aliphatic heterocycles. The first-order chi connectivity index (χ1) is 9.77. The van der Waals surface area contributed by atoms with Crippen LogP contribution in [0.25, 0.3) is 0 Å². The first kappa shape index (κ1) is 16.6. The summed E-state index contributed by atoms with van der Waals surface area (Å²) in [6.45, 7) is 10.2. The molecule has 0 aromatic rings. The maximum atomic E-state index is 12.0. The Labute approximate surface area is 128 Å². The quantitative estimate of drug-likeness (QED) is 0.864. The number of rotatable bonds is 4. The summed E-state index contributed by atoms with van der Waals surface area (Å²) in [4.78, 5) is 16.2. The van der Waals surface area contributed by atoms with Gasteiger partial charge >= 0.3 is 6.09 Å². The average molecular weight is 297 g/mol. The summed E-state index contributed by atoms with van der Waals surface area (Å²) in [5, 5.41) is 0. The van der Waals surface area contributed by atoms with Crippen LogP contribution in [-0.4, -0.2) is 59.8 Å². The highest BCUT2D eigenvalue weighted by molar-refractivity contribution is 5.68. The molecule has 2 N–H and O–H groups in total. The van der Waals surface area contributed by atoms with Crippen molar-refractivity contribution in [3.63, 3.8) is 0 Å². The zero-order chi connectivity index (χ0) is 15.5. The Hall–Kier alpha value is -0.810. The third-order valence-corrected chi connectivity index (χ3v) is 4.52. The molecule has 2 rings (SSSR count). The molecule has 0 bridgehead atoms. The van der Waals surface area contributed by atoms with E-state index in [-0.39, 0.29) is 11.6 Å². The molecule has 1 amide bonds. The first-order valence-corrected chi connectivity index (χ1v) is 8.27. The van der Waals surface area contributed by atoms with Crippen molar-refractivity contribution in [1.82, 2.24) is 9.80 Å². The van der Waals surface area contributed by atoms with E-state index in [0.29, 0.717) is 0 Å². The summed E-state index contributed by atoms with van der Waals surface area (Å²) in [5.41, 5.74) is 5.98. The smallest absolute Gasteiger partial charge is 0.410 e. The van der Waals surface area contributed by atoms with Gasteiger partial charge in [0.1, 0.15) is 5.60 Å². The van der Waals surface area contributed by atoms with Crippen LogP contribution in [0.4, 0.5) is 4.79 Å². The lowest BCUT2D eigenvalue weighted by molar-refractivity contribution is 0.0142. The Kier molecular flexibility index (Phi) is 5.15. The van der Waals surface area contributed by atoms with Gasteiger partial charge in [-0.1, -0.05) is 0 Å². The molecule has 5 nitrogen and oxygen atoms in total. The predicted molar refractivity (Wildman–Crippen MR) is 84.3 cm³/mol. The van der Waals surface area contributed by atoms with Crippen LogP contribution in [0.3, 0.4) is 0 Å². The molecule has 122 valence electrons. The number of ether oxygens (including phenoxy) is 1. The van der Waals surface area contributed by atoms with Crippen LogP contribution in [0.1, 0.15) is 52.9 Å². The highest BCUT2D eigenvalue weighted by Gasteiger charge is 2.32. The van der Waals surface area contributed by atoms with Crippen LogP contribution in [0.5, 0.6) is 0 Å². The van der Waals surface area contributed by atoms with E-state index in [1.807, 2.05) is 25.7 Å². The Morgan fingerprint density at radius 2 is 1.81 bits per heavy atom. The molecule has 0 aromatic heterocycles. The van der Waals surface area contributed by atoms with E-state index < -0.39 is 5.60 Å². The Morgan fingerprint density at radius 3 is 2.29 bits per heavy atom. The largest absolute Gasteiger partial charge is 0.444 e. The molecule has 2 aliphatic rings. The normalized spacial score (nSPS) is 22.8. The van der Waals surface area contributed by atoms with E-state index in [2.05, 4.69) is 4.90 Å². The van der Waals surface area contributed by atoms with Gasteiger partial charge in [0.25, 0.3) is 0 Å². The molecule has 1 saturated heterocycles. The van der Waals surface area contributed by atoms with Gasteiger partial charge in [0.05, 0.1) is 0 Å². The fourth-order valence-corrected chi connectivity index (χ4v) is 3.02. The standard InChI is InChI=1S/C16H31N3O2/c1-15(2,3)21-14(20)19-12-10-18(11-13-19)9-5-8-16(17)6-4-7-16/h4-13,17H2,1-3H3. The van der Waals surface area contributed by atoms with E-state index in [1.165, 1.54) is 25.7 Å². The molecule has 0 atom stereocenters. The van der Waals surface area contributed by atoms with E-state index in [4.69, 9.17) is 10.5 Å². The second-order valence-corrected chi connectivity index (χ2v) is 7.63. The topological polar surface area (TPSA) is 58.8 Å². The third kappa shape index (κ3) is 5.15. The average Bonchev–Trinajstić information content (AvgIpc) is 2.35. The van der Waals surface area contributed by atoms with Gasteiger partial charge in [-0.25, -0.2) is 4.79 Å². The van der Waals surface area contributed by atoms with Gasteiger partial charge in [-0.3, -0.25) is 4.90 Å². The predicted octanol–water partition coefficient (Wildman–Crippen LogP) is 2.20. The monoisotopic (exact) mass is 297 g/mol. The molecule has 0 radical (unpaired) electrons. The molecular weight excluding hydrogens is 266 g/mol. The van der Waals surface area contributed by atoms with Crippen molar-refractivity contribution in [3.8, 4) is 0 Å². The summed E-state index contributed by atoms with van der Waals surface area (Å²) in [6, 6.07) is 0. The van der Waals surface area contributed by atoms with Crippen LogP contribution in [0.2, 0.25) is 0 Å². The Balaban J connectivity index is 1.62. The second-order valence-electron chi connectivity index (χ2n) is 7.63. The fourth-order valence-electron chi connectivity index (χ4n) is 3.02. The molecule has 1 heterocycles. The van der Waals surface area contributed by atoms with Gasteiger partial charge in [-0.15, -0.1) is 0 Å². The van der Waals surface area contributed by atoms with Gasteiger partial charge in [-0.2, -0.15) is 0 Å². The van der Waals surface area contributed by atoms with Gasteiger partial charge in [0.2, 0.25) is 0 Å². The van der Waals surface area contributed by atoms with Crippen molar-refractivity contribution in [2.45, 2.75) is 64.0 Å². The number of hydrogen-bond donors (Lipinski definition) is 1. The molecule has 0 aromatic carbocycles. The number of nitrogens with two attached hydrogens (primary N) is 1. The number of piperazine rings is 1. The molecule has 0 unspecified atom stereocenters. The zero-order valence-electron chi connectivity index (χ0n) is 13.9. The lowest BCUT2D eigenvalue weighted by Crippen LogP contribution is -2.51. The summed E-state index contributed by atoms with van der Waals surface area (Å²) in [6.07, 6.45) is 5.81. The van der Waals surface area contributed by atoms with E-state index in [9.17, 15) is 4.79 Å². The fraction of sp³-hybridized carbons (Fsp3) is 0.938. The van der Waals surface area contributed by atoms with Crippen LogP contribution in [0.15, 0.2) is 0 Å². The number of nitrogens with zero attached hydrogens (tertiary/aromatic N) is 2. The molecular formula is C16H31N3O2. The number of amides is 1. The number of carbonyl (C=O) groups is 1. The molecule has 0 spiro atoms. The minimum absolute atomic E-state index is 0.137. The lowest BCUT2D eigenvalue weighted by Gasteiger charge is -2.39. The summed E-state index contributed by atoms with van der Waals surface area (Å²) < 4.78 is 5.41. The lowest BCUT2D eigenvalue weighted by atomic mass is 9.74. The Bertz CT molecular complexity index is 353. The van der Waals surface area contributed by atoms with Gasteiger partial charge in [-0.05, 0) is 59.4 Å². The number of carbonyl (C=O) groups excluding carboxylic acids is 1. The molecule has 1 saturated carbocycles. The van der Waals surface area contributed by atoms with Gasteiger partial charge in [0.15, 0.2) is 0 Å². The summed E-state index contributed by atoms with van der Waals surface area (Å²) in [5.74, 6) is 0. The second kappa shape index (κ2) is 6.53. The number of hydrogen-bond acceptors (Lipinski definition) is 4. The van der Waals surface area contributed by atoms with Gasteiger partial charge < -0.3 is 15.4 Å². The molecule has 2 fully saturated rings. The van der Waals surface area contributed by atoms with E-state index in [1.54, 1.807) is 0 Å². The van der Waals surface area contributed by atoms with Crippen LogP contribution in [-0.2, 0) is 4.74 Å². The maximum Gasteiger partial charge on any atom is 0.410 e. The summed E-state index contributed by atoms with van der Waals surface area (Å²) in [7, 11) is 0. The minimum atomic E-state index is -0.410.